The minimum absolute atomic E-state index is 0.0724. The quantitative estimate of drug-likeness (QED) is 0.776. The predicted octanol–water partition coefficient (Wildman–Crippen LogP) is 3.52. The molecule has 2 N–H and O–H groups in total. The smallest absolute Gasteiger partial charge is 0.246 e. The van der Waals surface area contributed by atoms with Gasteiger partial charge in [-0.2, -0.15) is 5.26 Å². The molecule has 0 amide bonds. The molecule has 0 unspecified atom stereocenters. The third kappa shape index (κ3) is 3.31. The van der Waals surface area contributed by atoms with E-state index >= 15 is 0 Å². The van der Waals surface area contributed by atoms with Crippen LogP contribution < -0.4 is 5.32 Å². The number of sulfonamides is 1. The SMILES string of the molecule is CN1C(=N)N[C@](C)(c2ccc(F)cc2F)[C@@H](c2ccc(C(C)(C)C#N)cc2)S1(=O)=O. The van der Waals surface area contributed by atoms with Crippen molar-refractivity contribution in [2.24, 2.45) is 0 Å². The lowest BCUT2D eigenvalue weighted by atomic mass is 9.82. The van der Waals surface area contributed by atoms with Crippen LogP contribution in [0.5, 0.6) is 0 Å². The third-order valence-electron chi connectivity index (χ3n) is 5.60. The highest BCUT2D eigenvalue weighted by Gasteiger charge is 2.53. The van der Waals surface area contributed by atoms with E-state index in [9.17, 15) is 22.5 Å². The lowest BCUT2D eigenvalue weighted by Gasteiger charge is -2.46. The summed E-state index contributed by atoms with van der Waals surface area (Å²) in [5.41, 5.74) is -1.37. The normalized spacial score (nSPS) is 23.6. The molecule has 1 aliphatic heterocycles. The molecule has 0 bridgehead atoms. The third-order valence-corrected chi connectivity index (χ3v) is 7.89. The van der Waals surface area contributed by atoms with Crippen molar-refractivity contribution in [1.82, 2.24) is 9.62 Å². The van der Waals surface area contributed by atoms with Gasteiger partial charge in [0.1, 0.15) is 16.9 Å². The Morgan fingerprint density at radius 2 is 1.80 bits per heavy atom. The molecule has 9 heteroatoms. The number of hydrogen-bond acceptors (Lipinski definition) is 4. The van der Waals surface area contributed by atoms with Crippen LogP contribution in [-0.2, 0) is 21.0 Å². The zero-order valence-corrected chi connectivity index (χ0v) is 17.8. The van der Waals surface area contributed by atoms with Gasteiger partial charge in [-0.3, -0.25) is 5.41 Å². The van der Waals surface area contributed by atoms with Gasteiger partial charge in [0.2, 0.25) is 16.0 Å². The Bertz CT molecular complexity index is 1160. The molecule has 0 saturated carbocycles. The molecule has 0 aliphatic carbocycles. The highest BCUT2D eigenvalue weighted by atomic mass is 32.2. The topological polar surface area (TPSA) is 97.1 Å². The van der Waals surface area contributed by atoms with Crippen molar-refractivity contribution >= 4 is 16.0 Å². The van der Waals surface area contributed by atoms with Crippen LogP contribution in [0.25, 0.3) is 0 Å². The average molecular weight is 432 g/mol. The van der Waals surface area contributed by atoms with E-state index in [1.54, 1.807) is 38.1 Å². The number of halogens is 2. The first kappa shape index (κ1) is 21.7. The number of rotatable bonds is 3. The molecular weight excluding hydrogens is 410 g/mol. The summed E-state index contributed by atoms with van der Waals surface area (Å²) in [5.74, 6) is -2.12. The summed E-state index contributed by atoms with van der Waals surface area (Å²) in [5, 5.41) is 18.9. The van der Waals surface area contributed by atoms with Gasteiger partial charge in [0, 0.05) is 18.7 Å². The highest BCUT2D eigenvalue weighted by Crippen LogP contribution is 2.45. The summed E-state index contributed by atoms with van der Waals surface area (Å²) in [6.45, 7) is 4.96. The fraction of sp³-hybridized carbons (Fsp3) is 0.333. The molecule has 1 saturated heterocycles. The van der Waals surface area contributed by atoms with Gasteiger partial charge in [-0.05, 0) is 38.0 Å². The molecule has 0 radical (unpaired) electrons. The molecule has 2 atom stereocenters. The molecular formula is C21H22F2N4O2S. The Labute approximate surface area is 174 Å². The Balaban J connectivity index is 2.23. The fourth-order valence-corrected chi connectivity index (χ4v) is 5.64. The van der Waals surface area contributed by atoms with Crippen molar-refractivity contribution < 1.29 is 17.2 Å². The standard InChI is InChI=1S/C21H22F2N4O2S/c1-20(2,12-24)14-7-5-13(6-8-14)18-21(3,16-10-9-15(22)11-17(16)23)26-19(25)27(4)30(18,28)29/h5-11,18H,1-4H3,(H2,25,26)/t18-,21-/m1/s1. The summed E-state index contributed by atoms with van der Waals surface area (Å²) in [6.07, 6.45) is 0. The largest absolute Gasteiger partial charge is 0.345 e. The lowest BCUT2D eigenvalue weighted by Crippen LogP contribution is -2.62. The van der Waals surface area contributed by atoms with Gasteiger partial charge >= 0.3 is 0 Å². The fourth-order valence-electron chi connectivity index (χ4n) is 3.74. The Morgan fingerprint density at radius 1 is 1.20 bits per heavy atom. The summed E-state index contributed by atoms with van der Waals surface area (Å²) < 4.78 is 55.7. The van der Waals surface area contributed by atoms with E-state index < -0.39 is 43.8 Å². The van der Waals surface area contributed by atoms with Crippen molar-refractivity contribution in [1.29, 1.82) is 10.7 Å². The predicted molar refractivity (Wildman–Crippen MR) is 109 cm³/mol. The molecule has 1 fully saturated rings. The van der Waals surface area contributed by atoms with Gasteiger partial charge in [0.25, 0.3) is 0 Å². The zero-order chi connectivity index (χ0) is 22.5. The van der Waals surface area contributed by atoms with Crippen LogP contribution in [0.4, 0.5) is 8.78 Å². The zero-order valence-electron chi connectivity index (χ0n) is 17.0. The van der Waals surface area contributed by atoms with Crippen LogP contribution in [0.1, 0.15) is 42.7 Å². The second-order valence-corrected chi connectivity index (χ2v) is 10.1. The summed E-state index contributed by atoms with van der Waals surface area (Å²) in [7, 11) is -2.88. The Kier molecular flexibility index (Phi) is 5.11. The van der Waals surface area contributed by atoms with Gasteiger partial charge in [-0.15, -0.1) is 0 Å². The average Bonchev–Trinajstić information content (AvgIpc) is 2.66. The maximum Gasteiger partial charge on any atom is 0.246 e. The first-order valence-electron chi connectivity index (χ1n) is 9.16. The molecule has 1 aliphatic rings. The minimum atomic E-state index is -4.12. The maximum absolute atomic E-state index is 14.7. The number of hydrogen-bond donors (Lipinski definition) is 2. The number of benzene rings is 2. The molecule has 0 aromatic heterocycles. The number of nitrogens with one attached hydrogen (secondary N) is 2. The second-order valence-electron chi connectivity index (χ2n) is 8.05. The first-order chi connectivity index (χ1) is 13.8. The molecule has 0 spiro atoms. The van der Waals surface area contributed by atoms with Crippen LogP contribution in [0.2, 0.25) is 0 Å². The number of guanidine groups is 1. The van der Waals surface area contributed by atoms with Crippen LogP contribution in [0.15, 0.2) is 42.5 Å². The van der Waals surface area contributed by atoms with E-state index in [4.69, 9.17) is 5.41 Å². The molecule has 6 nitrogen and oxygen atoms in total. The summed E-state index contributed by atoms with van der Waals surface area (Å²) >= 11 is 0. The number of nitrogens with zero attached hydrogens (tertiary/aromatic N) is 2. The van der Waals surface area contributed by atoms with Crippen LogP contribution >= 0.6 is 0 Å². The number of nitriles is 1. The lowest BCUT2D eigenvalue weighted by molar-refractivity contribution is 0.344. The van der Waals surface area contributed by atoms with E-state index in [1.807, 2.05) is 0 Å². The minimum Gasteiger partial charge on any atom is -0.345 e. The summed E-state index contributed by atoms with van der Waals surface area (Å²) in [6, 6.07) is 11.6. The molecule has 1 heterocycles. The van der Waals surface area contributed by atoms with Gasteiger partial charge < -0.3 is 5.32 Å². The van der Waals surface area contributed by atoms with Crippen molar-refractivity contribution in [3.05, 3.63) is 70.8 Å². The van der Waals surface area contributed by atoms with E-state index in [-0.39, 0.29) is 5.56 Å². The van der Waals surface area contributed by atoms with Gasteiger partial charge in [-0.25, -0.2) is 21.5 Å². The second kappa shape index (κ2) is 7.06. The molecule has 30 heavy (non-hydrogen) atoms. The van der Waals surface area contributed by atoms with Gasteiger partial charge in [0.05, 0.1) is 17.0 Å². The van der Waals surface area contributed by atoms with E-state index in [0.29, 0.717) is 17.2 Å². The highest BCUT2D eigenvalue weighted by molar-refractivity contribution is 7.90. The molecule has 158 valence electrons. The van der Waals surface area contributed by atoms with Crippen LogP contribution in [0.3, 0.4) is 0 Å². The van der Waals surface area contributed by atoms with Crippen molar-refractivity contribution in [3.63, 3.8) is 0 Å². The van der Waals surface area contributed by atoms with Crippen molar-refractivity contribution in [2.45, 2.75) is 37.0 Å². The maximum atomic E-state index is 14.7. The Morgan fingerprint density at radius 3 is 2.33 bits per heavy atom. The van der Waals surface area contributed by atoms with Crippen LogP contribution in [0, 0.1) is 28.4 Å². The molecule has 3 rings (SSSR count). The molecule has 2 aromatic rings. The van der Waals surface area contributed by atoms with Gasteiger partial charge in [-0.1, -0.05) is 30.3 Å². The summed E-state index contributed by atoms with van der Waals surface area (Å²) in [4.78, 5) is 0. The first-order valence-corrected chi connectivity index (χ1v) is 10.7. The van der Waals surface area contributed by atoms with Crippen LogP contribution in [-0.4, -0.2) is 25.7 Å². The monoisotopic (exact) mass is 432 g/mol. The van der Waals surface area contributed by atoms with E-state index in [1.165, 1.54) is 20.0 Å². The van der Waals surface area contributed by atoms with Crippen molar-refractivity contribution in [3.8, 4) is 6.07 Å². The van der Waals surface area contributed by atoms with Crippen molar-refractivity contribution in [2.75, 3.05) is 7.05 Å². The van der Waals surface area contributed by atoms with Gasteiger partial charge in [0.15, 0.2) is 0 Å². The van der Waals surface area contributed by atoms with E-state index in [2.05, 4.69) is 11.4 Å². The molecule has 2 aromatic carbocycles. The Hall–Kier alpha value is -2.99. The van der Waals surface area contributed by atoms with E-state index in [0.717, 1.165) is 10.4 Å².